The molecule has 1 aliphatic rings. The smallest absolute Gasteiger partial charge is 0.122 e. The molecule has 0 bridgehead atoms. The summed E-state index contributed by atoms with van der Waals surface area (Å²) in [5.41, 5.74) is 2.93. The van der Waals surface area contributed by atoms with Crippen LogP contribution >= 0.6 is 0 Å². The molecule has 0 saturated carbocycles. The second kappa shape index (κ2) is 5.05. The van der Waals surface area contributed by atoms with Gasteiger partial charge >= 0.3 is 0 Å². The highest BCUT2D eigenvalue weighted by Crippen LogP contribution is 2.30. The van der Waals surface area contributed by atoms with Crippen LogP contribution in [-0.2, 0) is 13.0 Å². The number of rotatable bonds is 4. The van der Waals surface area contributed by atoms with E-state index >= 15 is 0 Å². The van der Waals surface area contributed by atoms with Gasteiger partial charge in [0.15, 0.2) is 0 Å². The number of ether oxygens (including phenoxy) is 1. The quantitative estimate of drug-likeness (QED) is 0.915. The molecule has 0 fully saturated rings. The standard InChI is InChI=1S/C15H18N2O2/c1-2-6-17-10-16-9-13(17)15(18)12-3-4-14-11(8-12)5-7-19-14/h3-4,8-10,15,18H,2,5-7H2,1H3. The van der Waals surface area contributed by atoms with E-state index in [0.29, 0.717) is 0 Å². The molecule has 0 amide bonds. The molecule has 0 aliphatic carbocycles. The van der Waals surface area contributed by atoms with E-state index in [9.17, 15) is 5.11 Å². The Labute approximate surface area is 112 Å². The third-order valence-electron chi connectivity index (χ3n) is 3.52. The molecule has 100 valence electrons. The Hall–Kier alpha value is -1.81. The Kier molecular flexibility index (Phi) is 3.25. The van der Waals surface area contributed by atoms with Gasteiger partial charge in [0, 0.05) is 13.0 Å². The zero-order valence-electron chi connectivity index (χ0n) is 11.0. The summed E-state index contributed by atoms with van der Waals surface area (Å²) >= 11 is 0. The molecule has 2 heterocycles. The van der Waals surface area contributed by atoms with Crippen LogP contribution in [0.2, 0.25) is 0 Å². The van der Waals surface area contributed by atoms with Crippen LogP contribution in [-0.4, -0.2) is 21.3 Å². The van der Waals surface area contributed by atoms with Gasteiger partial charge in [0.25, 0.3) is 0 Å². The van der Waals surface area contributed by atoms with Crippen LogP contribution < -0.4 is 4.74 Å². The largest absolute Gasteiger partial charge is 0.493 e. The first-order valence-corrected chi connectivity index (χ1v) is 6.73. The molecule has 0 spiro atoms. The summed E-state index contributed by atoms with van der Waals surface area (Å²) in [5.74, 6) is 0.943. The van der Waals surface area contributed by atoms with Gasteiger partial charge in [-0.2, -0.15) is 0 Å². The monoisotopic (exact) mass is 258 g/mol. The highest BCUT2D eigenvalue weighted by atomic mass is 16.5. The van der Waals surface area contributed by atoms with Gasteiger partial charge in [-0.1, -0.05) is 13.0 Å². The van der Waals surface area contributed by atoms with Gasteiger partial charge in [-0.25, -0.2) is 4.98 Å². The molecule has 1 aliphatic heterocycles. The molecule has 1 aromatic heterocycles. The number of imidazole rings is 1. The van der Waals surface area contributed by atoms with Crippen molar-refractivity contribution in [3.8, 4) is 5.75 Å². The Balaban J connectivity index is 1.90. The molecule has 4 heteroatoms. The number of hydrogen-bond donors (Lipinski definition) is 1. The van der Waals surface area contributed by atoms with Gasteiger partial charge in [-0.3, -0.25) is 0 Å². The average Bonchev–Trinajstić information content (AvgIpc) is 3.05. The van der Waals surface area contributed by atoms with Gasteiger partial charge in [-0.05, 0) is 29.7 Å². The number of aliphatic hydroxyl groups is 1. The van der Waals surface area contributed by atoms with Crippen LogP contribution in [0.4, 0.5) is 0 Å². The molecule has 1 unspecified atom stereocenters. The van der Waals surface area contributed by atoms with Crippen molar-refractivity contribution in [3.63, 3.8) is 0 Å². The first-order chi connectivity index (χ1) is 9.29. The fourth-order valence-corrected chi connectivity index (χ4v) is 2.53. The summed E-state index contributed by atoms with van der Waals surface area (Å²) < 4.78 is 7.50. The fourth-order valence-electron chi connectivity index (χ4n) is 2.53. The van der Waals surface area contributed by atoms with Crippen molar-refractivity contribution in [2.75, 3.05) is 6.61 Å². The van der Waals surface area contributed by atoms with E-state index in [-0.39, 0.29) is 0 Å². The molecule has 1 N–H and O–H groups in total. The SMILES string of the molecule is CCCn1cncc1C(O)c1ccc2c(c1)CCO2. The van der Waals surface area contributed by atoms with Crippen molar-refractivity contribution >= 4 is 0 Å². The zero-order chi connectivity index (χ0) is 13.2. The number of fused-ring (bicyclic) bond motifs is 1. The maximum absolute atomic E-state index is 10.5. The van der Waals surface area contributed by atoms with Crippen molar-refractivity contribution in [1.82, 2.24) is 9.55 Å². The first-order valence-electron chi connectivity index (χ1n) is 6.73. The molecular formula is C15H18N2O2. The van der Waals surface area contributed by atoms with Gasteiger partial charge in [0.2, 0.25) is 0 Å². The van der Waals surface area contributed by atoms with Crippen LogP contribution in [0, 0.1) is 0 Å². The highest BCUT2D eigenvalue weighted by molar-refractivity contribution is 5.41. The minimum Gasteiger partial charge on any atom is -0.493 e. The van der Waals surface area contributed by atoms with E-state index in [1.54, 1.807) is 12.5 Å². The number of benzene rings is 1. The lowest BCUT2D eigenvalue weighted by Gasteiger charge is -2.14. The summed E-state index contributed by atoms with van der Waals surface area (Å²) in [4.78, 5) is 4.14. The Morgan fingerprint density at radius 1 is 1.47 bits per heavy atom. The van der Waals surface area contributed by atoms with Crippen LogP contribution in [0.3, 0.4) is 0 Å². The predicted octanol–water partition coefficient (Wildman–Crippen LogP) is 2.31. The topological polar surface area (TPSA) is 47.3 Å². The molecule has 4 nitrogen and oxygen atoms in total. The summed E-state index contributed by atoms with van der Waals surface area (Å²) in [6.07, 6.45) is 4.83. The van der Waals surface area contributed by atoms with Gasteiger partial charge < -0.3 is 14.4 Å². The van der Waals surface area contributed by atoms with Crippen molar-refractivity contribution in [2.45, 2.75) is 32.4 Å². The number of aromatic nitrogens is 2. The third-order valence-corrected chi connectivity index (χ3v) is 3.52. The lowest BCUT2D eigenvalue weighted by molar-refractivity contribution is 0.209. The van der Waals surface area contributed by atoms with E-state index in [1.165, 1.54) is 5.56 Å². The number of aliphatic hydroxyl groups excluding tert-OH is 1. The molecule has 2 aromatic rings. The van der Waals surface area contributed by atoms with E-state index in [1.807, 2.05) is 22.8 Å². The minimum atomic E-state index is -0.625. The van der Waals surface area contributed by atoms with Gasteiger partial charge in [0.1, 0.15) is 11.9 Å². The Morgan fingerprint density at radius 2 is 2.37 bits per heavy atom. The Morgan fingerprint density at radius 3 is 3.21 bits per heavy atom. The summed E-state index contributed by atoms with van der Waals surface area (Å²) in [5, 5.41) is 10.5. The molecule has 1 atom stereocenters. The Bertz CT molecular complexity index is 577. The number of nitrogens with zero attached hydrogens (tertiary/aromatic N) is 2. The van der Waals surface area contributed by atoms with Crippen LogP contribution in [0.1, 0.15) is 36.3 Å². The summed E-state index contributed by atoms with van der Waals surface area (Å²) in [6.45, 7) is 3.73. The highest BCUT2D eigenvalue weighted by Gasteiger charge is 2.18. The van der Waals surface area contributed by atoms with Gasteiger partial charge in [0.05, 0.1) is 24.8 Å². The summed E-state index contributed by atoms with van der Waals surface area (Å²) in [7, 11) is 0. The van der Waals surface area contributed by atoms with Crippen molar-refractivity contribution < 1.29 is 9.84 Å². The van der Waals surface area contributed by atoms with Crippen LogP contribution in [0.5, 0.6) is 5.75 Å². The molecule has 3 rings (SSSR count). The van der Waals surface area contributed by atoms with Crippen molar-refractivity contribution in [1.29, 1.82) is 0 Å². The molecule has 0 radical (unpaired) electrons. The van der Waals surface area contributed by atoms with E-state index in [0.717, 1.165) is 43.0 Å². The van der Waals surface area contributed by atoms with Crippen LogP contribution in [0.15, 0.2) is 30.7 Å². The van der Waals surface area contributed by atoms with Crippen molar-refractivity contribution in [2.24, 2.45) is 0 Å². The van der Waals surface area contributed by atoms with Gasteiger partial charge in [-0.15, -0.1) is 0 Å². The van der Waals surface area contributed by atoms with E-state index in [2.05, 4.69) is 11.9 Å². The third kappa shape index (κ3) is 2.24. The molecule has 0 saturated heterocycles. The average molecular weight is 258 g/mol. The number of aryl methyl sites for hydroxylation is 1. The predicted molar refractivity (Wildman–Crippen MR) is 72.2 cm³/mol. The van der Waals surface area contributed by atoms with E-state index < -0.39 is 6.10 Å². The number of hydrogen-bond acceptors (Lipinski definition) is 3. The molecular weight excluding hydrogens is 240 g/mol. The summed E-state index contributed by atoms with van der Waals surface area (Å²) in [6, 6.07) is 5.91. The fraction of sp³-hybridized carbons (Fsp3) is 0.400. The minimum absolute atomic E-state index is 0.625. The second-order valence-corrected chi connectivity index (χ2v) is 4.88. The first kappa shape index (κ1) is 12.2. The van der Waals surface area contributed by atoms with E-state index in [4.69, 9.17) is 4.74 Å². The molecule has 19 heavy (non-hydrogen) atoms. The van der Waals surface area contributed by atoms with Crippen LogP contribution in [0.25, 0.3) is 0 Å². The zero-order valence-corrected chi connectivity index (χ0v) is 11.0. The second-order valence-electron chi connectivity index (χ2n) is 4.88. The maximum atomic E-state index is 10.5. The maximum Gasteiger partial charge on any atom is 0.122 e. The normalized spacial score (nSPS) is 15.1. The van der Waals surface area contributed by atoms with Crippen molar-refractivity contribution in [3.05, 3.63) is 47.5 Å². The lowest BCUT2D eigenvalue weighted by Crippen LogP contribution is -2.08. The molecule has 1 aromatic carbocycles. The lowest BCUT2D eigenvalue weighted by atomic mass is 10.0.